The van der Waals surface area contributed by atoms with Crippen molar-refractivity contribution in [2.24, 2.45) is 0 Å². The van der Waals surface area contributed by atoms with Gasteiger partial charge in [-0.1, -0.05) is 30.3 Å². The third-order valence-electron chi connectivity index (χ3n) is 5.72. The summed E-state index contributed by atoms with van der Waals surface area (Å²) in [4.78, 5) is 14.5. The van der Waals surface area contributed by atoms with Gasteiger partial charge in [0.15, 0.2) is 5.78 Å². The summed E-state index contributed by atoms with van der Waals surface area (Å²) in [5.41, 5.74) is 5.10. The van der Waals surface area contributed by atoms with E-state index in [2.05, 4.69) is 46.3 Å². The number of Topliss-reactive ketones (excluding diaryl/α,β-unsaturated/α-hetero) is 1. The van der Waals surface area contributed by atoms with Gasteiger partial charge in [-0.05, 0) is 53.6 Å². The minimum absolute atomic E-state index is 0.120. The summed E-state index contributed by atoms with van der Waals surface area (Å²) in [5.74, 6) is 1.20. The smallest absolute Gasteiger partial charge is 0.163 e. The molecule has 4 nitrogen and oxygen atoms in total. The number of anilines is 2. The van der Waals surface area contributed by atoms with Gasteiger partial charge in [0.2, 0.25) is 0 Å². The van der Waals surface area contributed by atoms with Gasteiger partial charge >= 0.3 is 0 Å². The van der Waals surface area contributed by atoms with Crippen LogP contribution in [0.5, 0.6) is 5.75 Å². The van der Waals surface area contributed by atoms with Crippen molar-refractivity contribution in [2.75, 3.05) is 17.7 Å². The number of ether oxygens (including phenoxy) is 1. The van der Waals surface area contributed by atoms with Gasteiger partial charge in [-0.2, -0.15) is 0 Å². The maximum absolute atomic E-state index is 13.4. The predicted octanol–water partition coefficient (Wildman–Crippen LogP) is 5.74. The Morgan fingerprint density at radius 1 is 0.966 bits per heavy atom. The molecular formula is C24H22N2O2S. The molecule has 3 aromatic rings. The Bertz CT molecular complexity index is 1070. The lowest BCUT2D eigenvalue weighted by atomic mass is 9.79. The van der Waals surface area contributed by atoms with Gasteiger partial charge in [0, 0.05) is 22.6 Å². The number of carbonyl (C=O) groups excluding carboxylic acids is 1. The molecule has 0 fully saturated rings. The van der Waals surface area contributed by atoms with Crippen LogP contribution in [-0.2, 0) is 4.79 Å². The van der Waals surface area contributed by atoms with Gasteiger partial charge in [0.1, 0.15) is 5.75 Å². The Balaban J connectivity index is 1.56. The molecule has 2 aliphatic rings. The van der Waals surface area contributed by atoms with Crippen molar-refractivity contribution in [1.29, 1.82) is 0 Å². The molecule has 5 heteroatoms. The lowest BCUT2D eigenvalue weighted by Crippen LogP contribution is -2.26. The van der Waals surface area contributed by atoms with Crippen LogP contribution in [-0.4, -0.2) is 12.9 Å². The lowest BCUT2D eigenvalue weighted by Gasteiger charge is -2.29. The second-order valence-electron chi connectivity index (χ2n) is 7.46. The summed E-state index contributed by atoms with van der Waals surface area (Å²) in [5, 5.41) is 9.26. The largest absolute Gasteiger partial charge is 0.497 e. The quantitative estimate of drug-likeness (QED) is 0.587. The van der Waals surface area contributed by atoms with Gasteiger partial charge < -0.3 is 15.4 Å². The third-order valence-corrected chi connectivity index (χ3v) is 6.66. The molecular weight excluding hydrogens is 380 g/mol. The molecule has 0 unspecified atom stereocenters. The molecule has 1 aliphatic carbocycles. The minimum Gasteiger partial charge on any atom is -0.497 e. The molecule has 2 aromatic carbocycles. The summed E-state index contributed by atoms with van der Waals surface area (Å²) >= 11 is 1.68. The Morgan fingerprint density at radius 3 is 2.48 bits per heavy atom. The van der Waals surface area contributed by atoms with Crippen LogP contribution < -0.4 is 15.4 Å². The number of ketones is 1. The Hall–Kier alpha value is -3.05. The van der Waals surface area contributed by atoms with E-state index in [1.54, 1.807) is 18.4 Å². The number of hydrogen-bond donors (Lipinski definition) is 2. The third kappa shape index (κ3) is 3.32. The van der Waals surface area contributed by atoms with Crippen LogP contribution in [0.1, 0.15) is 35.2 Å². The Labute approximate surface area is 174 Å². The molecule has 0 spiro atoms. The number of hydrogen-bond acceptors (Lipinski definition) is 5. The van der Waals surface area contributed by atoms with Crippen LogP contribution >= 0.6 is 11.3 Å². The van der Waals surface area contributed by atoms with Gasteiger partial charge in [-0.3, -0.25) is 4.79 Å². The van der Waals surface area contributed by atoms with Gasteiger partial charge in [-0.15, -0.1) is 11.3 Å². The van der Waals surface area contributed by atoms with E-state index in [0.717, 1.165) is 39.7 Å². The zero-order valence-corrected chi connectivity index (χ0v) is 17.0. The van der Waals surface area contributed by atoms with Crippen molar-refractivity contribution in [3.8, 4) is 5.75 Å². The van der Waals surface area contributed by atoms with Crippen LogP contribution in [0.25, 0.3) is 0 Å². The first-order valence-electron chi connectivity index (χ1n) is 9.79. The van der Waals surface area contributed by atoms with Crippen molar-refractivity contribution in [3.63, 3.8) is 0 Å². The van der Waals surface area contributed by atoms with Crippen LogP contribution in [0, 0.1) is 0 Å². The Morgan fingerprint density at radius 2 is 1.76 bits per heavy atom. The van der Waals surface area contributed by atoms with E-state index in [1.165, 1.54) is 5.56 Å². The Kier molecular flexibility index (Phi) is 4.60. The molecule has 2 heterocycles. The highest BCUT2D eigenvalue weighted by Gasteiger charge is 2.36. The first-order valence-corrected chi connectivity index (χ1v) is 10.7. The highest BCUT2D eigenvalue weighted by Crippen LogP contribution is 2.45. The molecule has 0 radical (unpaired) electrons. The molecule has 0 amide bonds. The number of para-hydroxylation sites is 2. The van der Waals surface area contributed by atoms with Crippen molar-refractivity contribution in [1.82, 2.24) is 0 Å². The van der Waals surface area contributed by atoms with Crippen molar-refractivity contribution in [2.45, 2.75) is 24.8 Å². The molecule has 5 rings (SSSR count). The molecule has 1 aromatic heterocycles. The molecule has 2 atom stereocenters. The number of allylic oxidation sites excluding steroid dienone is 1. The molecule has 1 aliphatic heterocycles. The second kappa shape index (κ2) is 7.41. The summed E-state index contributed by atoms with van der Waals surface area (Å²) in [6.45, 7) is 0. The molecule has 0 bridgehead atoms. The first kappa shape index (κ1) is 18.0. The fraction of sp³-hybridized carbons (Fsp3) is 0.208. The van der Waals surface area contributed by atoms with Gasteiger partial charge in [-0.25, -0.2) is 0 Å². The van der Waals surface area contributed by atoms with Crippen molar-refractivity contribution < 1.29 is 9.53 Å². The van der Waals surface area contributed by atoms with Crippen molar-refractivity contribution >= 4 is 28.5 Å². The van der Waals surface area contributed by atoms with Crippen LogP contribution in [0.2, 0.25) is 0 Å². The number of benzene rings is 2. The summed E-state index contributed by atoms with van der Waals surface area (Å²) in [6.07, 6.45) is 1.33. The van der Waals surface area contributed by atoms with Crippen molar-refractivity contribution in [3.05, 3.63) is 87.8 Å². The van der Waals surface area contributed by atoms with E-state index in [0.29, 0.717) is 6.42 Å². The molecule has 29 heavy (non-hydrogen) atoms. The number of thiophene rings is 1. The molecule has 2 N–H and O–H groups in total. The molecule has 0 saturated heterocycles. The standard InChI is InChI=1S/C24H22N2O2S/c1-28-17-10-8-15(9-11-17)16-13-20-23(21(27)14-16)24(22-7-4-12-29-22)26-19-6-3-2-5-18(19)25-20/h2-12,16,24-26H,13-14H2,1H3/t16-,24-/m1/s1. The van der Waals surface area contributed by atoms with E-state index >= 15 is 0 Å². The van der Waals surface area contributed by atoms with Crippen LogP contribution in [0.15, 0.2) is 77.3 Å². The average Bonchev–Trinajstić information content (AvgIpc) is 3.22. The van der Waals surface area contributed by atoms with E-state index in [1.807, 2.05) is 30.3 Å². The van der Waals surface area contributed by atoms with E-state index in [-0.39, 0.29) is 17.7 Å². The van der Waals surface area contributed by atoms with E-state index in [4.69, 9.17) is 4.74 Å². The number of fused-ring (bicyclic) bond motifs is 1. The maximum atomic E-state index is 13.4. The number of nitrogens with one attached hydrogen (secondary N) is 2. The van der Waals surface area contributed by atoms with Gasteiger partial charge in [0.25, 0.3) is 0 Å². The number of rotatable bonds is 3. The maximum Gasteiger partial charge on any atom is 0.163 e. The highest BCUT2D eigenvalue weighted by atomic mass is 32.1. The SMILES string of the molecule is COc1ccc([C@H]2CC(=O)C3=C(C2)Nc2ccccc2N[C@@H]3c2cccs2)cc1. The normalized spacial score (nSPS) is 20.8. The highest BCUT2D eigenvalue weighted by molar-refractivity contribution is 7.10. The fourth-order valence-electron chi connectivity index (χ4n) is 4.27. The lowest BCUT2D eigenvalue weighted by molar-refractivity contribution is -0.116. The van der Waals surface area contributed by atoms with Crippen LogP contribution in [0.4, 0.5) is 11.4 Å². The zero-order valence-electron chi connectivity index (χ0n) is 16.1. The second-order valence-corrected chi connectivity index (χ2v) is 8.44. The van der Waals surface area contributed by atoms with Crippen LogP contribution in [0.3, 0.4) is 0 Å². The van der Waals surface area contributed by atoms with E-state index in [9.17, 15) is 4.79 Å². The number of carbonyl (C=O) groups is 1. The molecule has 146 valence electrons. The summed E-state index contributed by atoms with van der Waals surface area (Å²) in [6, 6.07) is 20.3. The van der Waals surface area contributed by atoms with E-state index < -0.39 is 0 Å². The van der Waals surface area contributed by atoms with Gasteiger partial charge in [0.05, 0.1) is 24.5 Å². The monoisotopic (exact) mass is 402 g/mol. The fourth-order valence-corrected chi connectivity index (χ4v) is 5.06. The first-order chi connectivity index (χ1) is 14.2. The molecule has 0 saturated carbocycles. The average molecular weight is 403 g/mol. The summed E-state index contributed by atoms with van der Waals surface area (Å²) < 4.78 is 5.28. The minimum atomic E-state index is -0.120. The predicted molar refractivity (Wildman–Crippen MR) is 118 cm³/mol. The summed E-state index contributed by atoms with van der Waals surface area (Å²) in [7, 11) is 1.67. The zero-order chi connectivity index (χ0) is 19.8. The topological polar surface area (TPSA) is 50.4 Å². The number of methoxy groups -OCH3 is 1.